The summed E-state index contributed by atoms with van der Waals surface area (Å²) in [6.07, 6.45) is 0. The van der Waals surface area contributed by atoms with Crippen molar-refractivity contribution < 1.29 is 27.8 Å². The number of furan rings is 1. The summed E-state index contributed by atoms with van der Waals surface area (Å²) in [6, 6.07) is 7.72. The Bertz CT molecular complexity index is 1010. The minimum atomic E-state index is -0.639. The normalized spacial score (nSPS) is 13.3. The second-order valence-corrected chi connectivity index (χ2v) is 6.37. The lowest BCUT2D eigenvalue weighted by Crippen LogP contribution is -2.15. The van der Waals surface area contributed by atoms with Gasteiger partial charge in [-0.15, -0.1) is 0 Å². The number of carbonyl (C=O) groups is 1. The Balaban J connectivity index is 1.58. The predicted octanol–water partition coefficient (Wildman–Crippen LogP) is 4.76. The van der Waals surface area contributed by atoms with Crippen LogP contribution in [0.2, 0.25) is 5.02 Å². The molecule has 7 heteroatoms. The minimum Gasteiger partial charge on any atom is -0.467 e. The molecule has 5 nitrogen and oxygen atoms in total. The molecule has 0 amide bonds. The van der Waals surface area contributed by atoms with Gasteiger partial charge in [-0.2, -0.15) is 0 Å². The van der Waals surface area contributed by atoms with E-state index in [9.17, 15) is 9.18 Å². The Kier molecular flexibility index (Phi) is 4.30. The molecule has 1 aliphatic rings. The van der Waals surface area contributed by atoms with Gasteiger partial charge in [0.1, 0.15) is 23.8 Å². The van der Waals surface area contributed by atoms with E-state index in [0.717, 1.165) is 5.39 Å². The first-order valence-electron chi connectivity index (χ1n) is 7.90. The summed E-state index contributed by atoms with van der Waals surface area (Å²) in [7, 11) is 0. The monoisotopic (exact) mass is 376 g/mol. The number of halogens is 2. The lowest BCUT2D eigenvalue weighted by atomic mass is 10.1. The van der Waals surface area contributed by atoms with Crippen LogP contribution in [0.4, 0.5) is 4.39 Å². The second-order valence-electron chi connectivity index (χ2n) is 5.94. The van der Waals surface area contributed by atoms with Gasteiger partial charge in [0, 0.05) is 27.1 Å². The van der Waals surface area contributed by atoms with Crippen LogP contribution >= 0.6 is 11.6 Å². The smallest absolute Gasteiger partial charge is 0.374 e. The van der Waals surface area contributed by atoms with Crippen LogP contribution in [-0.2, 0) is 22.7 Å². The highest BCUT2D eigenvalue weighted by molar-refractivity contribution is 6.31. The van der Waals surface area contributed by atoms with E-state index in [1.807, 2.05) is 0 Å². The van der Waals surface area contributed by atoms with Crippen molar-refractivity contribution in [2.75, 3.05) is 6.79 Å². The van der Waals surface area contributed by atoms with Crippen LogP contribution in [-0.4, -0.2) is 12.8 Å². The summed E-state index contributed by atoms with van der Waals surface area (Å²) in [5, 5.41) is 1.29. The first-order valence-corrected chi connectivity index (χ1v) is 8.28. The van der Waals surface area contributed by atoms with Crippen molar-refractivity contribution in [1.82, 2.24) is 0 Å². The van der Waals surface area contributed by atoms with E-state index in [0.29, 0.717) is 33.0 Å². The summed E-state index contributed by atoms with van der Waals surface area (Å²) < 4.78 is 35.2. The first-order chi connectivity index (χ1) is 12.5. The Morgan fingerprint density at radius 3 is 3.00 bits per heavy atom. The highest BCUT2D eigenvalue weighted by Gasteiger charge is 2.22. The summed E-state index contributed by atoms with van der Waals surface area (Å²) >= 11 is 5.99. The highest BCUT2D eigenvalue weighted by Crippen LogP contribution is 2.31. The molecular formula is C19H14ClFO5. The molecule has 0 saturated heterocycles. The van der Waals surface area contributed by atoms with Crippen LogP contribution in [0, 0.1) is 12.7 Å². The van der Waals surface area contributed by atoms with Crippen LogP contribution in [0.15, 0.2) is 34.7 Å². The molecule has 0 radical (unpaired) electrons. The average Bonchev–Trinajstić information content (AvgIpc) is 2.95. The van der Waals surface area contributed by atoms with Crippen molar-refractivity contribution in [2.24, 2.45) is 0 Å². The number of ether oxygens (including phenoxy) is 3. The zero-order valence-electron chi connectivity index (χ0n) is 13.8. The fraction of sp³-hybridized carbons (Fsp3) is 0.211. The molecule has 1 aliphatic heterocycles. The van der Waals surface area contributed by atoms with E-state index in [-0.39, 0.29) is 25.8 Å². The maximum atomic E-state index is 13.8. The lowest BCUT2D eigenvalue weighted by molar-refractivity contribution is -0.0183. The van der Waals surface area contributed by atoms with Gasteiger partial charge < -0.3 is 18.6 Å². The van der Waals surface area contributed by atoms with Crippen molar-refractivity contribution >= 4 is 28.5 Å². The number of benzene rings is 2. The van der Waals surface area contributed by atoms with E-state index in [4.69, 9.17) is 30.2 Å². The van der Waals surface area contributed by atoms with Gasteiger partial charge in [-0.1, -0.05) is 11.6 Å². The van der Waals surface area contributed by atoms with Gasteiger partial charge in [0.05, 0.1) is 6.61 Å². The molecule has 4 rings (SSSR count). The predicted molar refractivity (Wildman–Crippen MR) is 91.8 cm³/mol. The topological polar surface area (TPSA) is 57.9 Å². The van der Waals surface area contributed by atoms with E-state index in [1.165, 1.54) is 12.1 Å². The van der Waals surface area contributed by atoms with Crippen molar-refractivity contribution in [3.05, 3.63) is 63.6 Å². The fourth-order valence-electron chi connectivity index (χ4n) is 2.96. The number of hydrogen-bond acceptors (Lipinski definition) is 5. The fourth-order valence-corrected chi connectivity index (χ4v) is 3.13. The van der Waals surface area contributed by atoms with Crippen molar-refractivity contribution in [3.8, 4) is 5.75 Å². The molecule has 2 heterocycles. The van der Waals surface area contributed by atoms with Gasteiger partial charge in [-0.05, 0) is 37.3 Å². The van der Waals surface area contributed by atoms with Crippen LogP contribution in [0.25, 0.3) is 11.0 Å². The molecule has 2 aromatic carbocycles. The van der Waals surface area contributed by atoms with Gasteiger partial charge in [0.2, 0.25) is 5.76 Å². The number of rotatable bonds is 3. The molecule has 0 unspecified atom stereocenters. The van der Waals surface area contributed by atoms with Gasteiger partial charge in [-0.3, -0.25) is 0 Å². The number of fused-ring (bicyclic) bond motifs is 2. The minimum absolute atomic E-state index is 0.0724. The maximum absolute atomic E-state index is 13.8. The number of esters is 1. The molecule has 0 saturated carbocycles. The van der Waals surface area contributed by atoms with Crippen molar-refractivity contribution in [3.63, 3.8) is 0 Å². The van der Waals surface area contributed by atoms with E-state index >= 15 is 0 Å². The summed E-state index contributed by atoms with van der Waals surface area (Å²) in [4.78, 5) is 12.4. The molecule has 0 bridgehead atoms. The number of hydrogen-bond donors (Lipinski definition) is 0. The molecule has 26 heavy (non-hydrogen) atoms. The maximum Gasteiger partial charge on any atom is 0.374 e. The van der Waals surface area contributed by atoms with Gasteiger partial charge in [-0.25, -0.2) is 9.18 Å². The summed E-state index contributed by atoms with van der Waals surface area (Å²) in [5.74, 6) is -0.506. The molecular weight excluding hydrogens is 363 g/mol. The zero-order chi connectivity index (χ0) is 18.3. The van der Waals surface area contributed by atoms with E-state index in [2.05, 4.69) is 0 Å². The third kappa shape index (κ3) is 3.02. The van der Waals surface area contributed by atoms with Crippen molar-refractivity contribution in [2.45, 2.75) is 20.1 Å². The Labute approximate surface area is 153 Å². The summed E-state index contributed by atoms with van der Waals surface area (Å²) in [6.45, 7) is 1.93. The Hall–Kier alpha value is -2.57. The lowest BCUT2D eigenvalue weighted by Gasteiger charge is -2.20. The van der Waals surface area contributed by atoms with Crippen LogP contribution < -0.4 is 4.74 Å². The van der Waals surface area contributed by atoms with Gasteiger partial charge in [0.15, 0.2) is 6.79 Å². The SMILES string of the molecule is Cc1c(C(=O)OCc2cc(F)cc3c2OCOC3)oc2ccc(Cl)cc12. The molecule has 0 fully saturated rings. The number of carbonyl (C=O) groups excluding carboxylic acids is 1. The highest BCUT2D eigenvalue weighted by atomic mass is 35.5. The van der Waals surface area contributed by atoms with E-state index < -0.39 is 11.8 Å². The van der Waals surface area contributed by atoms with E-state index in [1.54, 1.807) is 25.1 Å². The number of aryl methyl sites for hydroxylation is 1. The molecule has 134 valence electrons. The van der Waals surface area contributed by atoms with Crippen LogP contribution in [0.3, 0.4) is 0 Å². The molecule has 0 aliphatic carbocycles. The average molecular weight is 377 g/mol. The molecule has 0 N–H and O–H groups in total. The standard InChI is InChI=1S/C19H14ClFO5/c1-10-15-6-13(20)2-3-16(15)26-17(10)19(22)24-8-12-5-14(21)4-11-7-23-9-25-18(11)12/h2-6H,7-9H2,1H3. The zero-order valence-corrected chi connectivity index (χ0v) is 14.6. The van der Waals surface area contributed by atoms with Crippen LogP contribution in [0.1, 0.15) is 27.2 Å². The molecule has 3 aromatic rings. The largest absolute Gasteiger partial charge is 0.467 e. The van der Waals surface area contributed by atoms with Gasteiger partial charge >= 0.3 is 5.97 Å². The quantitative estimate of drug-likeness (QED) is 0.617. The Morgan fingerprint density at radius 2 is 2.15 bits per heavy atom. The third-order valence-corrected chi connectivity index (χ3v) is 4.43. The summed E-state index contributed by atoms with van der Waals surface area (Å²) in [5.41, 5.74) is 2.20. The first kappa shape index (κ1) is 16.9. The van der Waals surface area contributed by atoms with Gasteiger partial charge in [0.25, 0.3) is 0 Å². The van der Waals surface area contributed by atoms with Crippen molar-refractivity contribution in [1.29, 1.82) is 0 Å². The third-order valence-electron chi connectivity index (χ3n) is 4.19. The Morgan fingerprint density at radius 1 is 1.31 bits per heavy atom. The molecule has 0 spiro atoms. The second kappa shape index (κ2) is 6.63. The van der Waals surface area contributed by atoms with Crippen LogP contribution in [0.5, 0.6) is 5.75 Å². The molecule has 1 aromatic heterocycles. The molecule has 0 atom stereocenters.